The van der Waals surface area contributed by atoms with Crippen LogP contribution in [0.2, 0.25) is 0 Å². The van der Waals surface area contributed by atoms with Gasteiger partial charge in [-0.05, 0) is 19.9 Å². The number of nitrogens with zero attached hydrogens (tertiary/aromatic N) is 6. The number of benzene rings is 1. The molecule has 4 aromatic rings. The SMILES string of the molecule is Cc1ccc2c(c1)[C@@H](C)Oc1cc(cnc1N)-c1c(nn(C)c1C#N)Cn1c-2nccc1=O. The molecule has 9 nitrogen and oxygen atoms in total. The number of hydrogen-bond acceptors (Lipinski definition) is 7. The summed E-state index contributed by atoms with van der Waals surface area (Å²) in [5.74, 6) is 1.15. The van der Waals surface area contributed by atoms with Crippen molar-refractivity contribution in [2.24, 2.45) is 7.05 Å². The van der Waals surface area contributed by atoms with Crippen LogP contribution in [0.4, 0.5) is 5.82 Å². The molecule has 1 aromatic carbocycles. The second-order valence-corrected chi connectivity index (χ2v) is 8.06. The topological polar surface area (TPSA) is 125 Å². The molecule has 0 aliphatic carbocycles. The molecule has 0 saturated carbocycles. The third kappa shape index (κ3) is 3.32. The lowest BCUT2D eigenvalue weighted by molar-refractivity contribution is 0.228. The predicted octanol–water partition coefficient (Wildman–Crippen LogP) is 2.97. The van der Waals surface area contributed by atoms with Gasteiger partial charge in [-0.1, -0.05) is 23.8 Å². The van der Waals surface area contributed by atoms with Gasteiger partial charge in [0.2, 0.25) is 0 Å². The highest BCUT2D eigenvalue weighted by atomic mass is 16.5. The minimum absolute atomic E-state index is 0.134. The number of aryl methyl sites for hydroxylation is 2. The Morgan fingerprint density at radius 1 is 1.24 bits per heavy atom. The van der Waals surface area contributed by atoms with Gasteiger partial charge < -0.3 is 10.5 Å². The molecule has 0 unspecified atom stereocenters. The van der Waals surface area contributed by atoms with E-state index in [1.54, 1.807) is 23.9 Å². The van der Waals surface area contributed by atoms with Gasteiger partial charge in [0.25, 0.3) is 5.56 Å². The molecule has 3 aromatic heterocycles. The average Bonchev–Trinajstić information content (AvgIpc) is 3.10. The molecule has 0 spiro atoms. The molecule has 33 heavy (non-hydrogen) atoms. The summed E-state index contributed by atoms with van der Waals surface area (Å²) in [6.07, 6.45) is 2.68. The molecule has 164 valence electrons. The molecule has 1 aliphatic heterocycles. The Balaban J connectivity index is 1.88. The van der Waals surface area contributed by atoms with Crippen LogP contribution in [-0.2, 0) is 13.6 Å². The van der Waals surface area contributed by atoms with Crippen LogP contribution in [0.15, 0.2) is 47.5 Å². The van der Waals surface area contributed by atoms with E-state index in [1.807, 2.05) is 32.0 Å². The zero-order chi connectivity index (χ0) is 23.3. The van der Waals surface area contributed by atoms with Crippen LogP contribution in [0, 0.1) is 18.3 Å². The van der Waals surface area contributed by atoms with Crippen LogP contribution in [0.1, 0.15) is 35.5 Å². The van der Waals surface area contributed by atoms with E-state index in [4.69, 9.17) is 10.5 Å². The first-order chi connectivity index (χ1) is 15.9. The lowest BCUT2D eigenvalue weighted by Gasteiger charge is -2.22. The number of nitrogens with two attached hydrogens (primary N) is 1. The lowest BCUT2D eigenvalue weighted by Crippen LogP contribution is -2.24. The van der Waals surface area contributed by atoms with Gasteiger partial charge in [-0.2, -0.15) is 10.4 Å². The van der Waals surface area contributed by atoms with Gasteiger partial charge >= 0.3 is 0 Å². The zero-order valence-electron chi connectivity index (χ0n) is 18.4. The molecular weight excluding hydrogens is 418 g/mol. The number of ether oxygens (including phenoxy) is 1. The average molecular weight is 439 g/mol. The van der Waals surface area contributed by atoms with Crippen LogP contribution in [0.5, 0.6) is 5.75 Å². The maximum absolute atomic E-state index is 13.0. The monoisotopic (exact) mass is 439 g/mol. The van der Waals surface area contributed by atoms with E-state index in [-0.39, 0.29) is 17.9 Å². The number of nitriles is 1. The zero-order valence-corrected chi connectivity index (χ0v) is 18.4. The highest BCUT2D eigenvalue weighted by molar-refractivity contribution is 5.74. The highest BCUT2D eigenvalue weighted by Crippen LogP contribution is 2.37. The van der Waals surface area contributed by atoms with Gasteiger partial charge in [0, 0.05) is 47.8 Å². The quantitative estimate of drug-likeness (QED) is 0.446. The fraction of sp³-hybridized carbons (Fsp3) is 0.208. The van der Waals surface area contributed by atoms with E-state index < -0.39 is 6.10 Å². The largest absolute Gasteiger partial charge is 0.482 e. The lowest BCUT2D eigenvalue weighted by atomic mass is 9.98. The van der Waals surface area contributed by atoms with Crippen molar-refractivity contribution in [2.45, 2.75) is 26.5 Å². The third-order valence-electron chi connectivity index (χ3n) is 5.83. The molecule has 0 radical (unpaired) electrons. The molecule has 9 heteroatoms. The van der Waals surface area contributed by atoms with Crippen molar-refractivity contribution in [3.05, 3.63) is 75.6 Å². The van der Waals surface area contributed by atoms with Crippen molar-refractivity contribution in [1.29, 1.82) is 5.26 Å². The number of aromatic nitrogens is 5. The van der Waals surface area contributed by atoms with Crippen molar-refractivity contribution < 1.29 is 4.74 Å². The first kappa shape index (κ1) is 20.5. The summed E-state index contributed by atoms with van der Waals surface area (Å²) in [6, 6.07) is 11.3. The summed E-state index contributed by atoms with van der Waals surface area (Å²) in [5.41, 5.74) is 10.7. The molecule has 2 N–H and O–H groups in total. The maximum atomic E-state index is 13.0. The number of rotatable bonds is 0. The molecular formula is C24H21N7O2. The van der Waals surface area contributed by atoms with Gasteiger partial charge in [-0.3, -0.25) is 14.0 Å². The van der Waals surface area contributed by atoms with E-state index in [9.17, 15) is 10.1 Å². The molecule has 5 rings (SSSR count). The Hall–Kier alpha value is -4.45. The number of nitrogen functional groups attached to an aromatic ring is 1. The van der Waals surface area contributed by atoms with Gasteiger partial charge in [0.15, 0.2) is 11.6 Å². The minimum Gasteiger partial charge on any atom is -0.482 e. The maximum Gasteiger partial charge on any atom is 0.254 e. The Bertz CT molecular complexity index is 1510. The predicted molar refractivity (Wildman–Crippen MR) is 122 cm³/mol. The van der Waals surface area contributed by atoms with Crippen molar-refractivity contribution in [3.8, 4) is 34.3 Å². The first-order valence-corrected chi connectivity index (χ1v) is 10.4. The summed E-state index contributed by atoms with van der Waals surface area (Å²) in [4.78, 5) is 21.9. The van der Waals surface area contributed by atoms with Crippen LogP contribution in [0.3, 0.4) is 0 Å². The van der Waals surface area contributed by atoms with Crippen LogP contribution < -0.4 is 16.0 Å². The fourth-order valence-electron chi connectivity index (χ4n) is 4.24. The van der Waals surface area contributed by atoms with Gasteiger partial charge in [-0.25, -0.2) is 9.97 Å². The van der Waals surface area contributed by atoms with E-state index in [2.05, 4.69) is 21.1 Å². The molecule has 0 amide bonds. The smallest absolute Gasteiger partial charge is 0.254 e. The molecule has 4 heterocycles. The number of hydrogen-bond donors (Lipinski definition) is 1. The molecule has 0 saturated heterocycles. The second-order valence-electron chi connectivity index (χ2n) is 8.06. The Labute approximate surface area is 189 Å². The fourth-order valence-corrected chi connectivity index (χ4v) is 4.24. The second kappa shape index (κ2) is 7.60. The van der Waals surface area contributed by atoms with Crippen molar-refractivity contribution >= 4 is 5.82 Å². The third-order valence-corrected chi connectivity index (χ3v) is 5.83. The Kier molecular flexibility index (Phi) is 4.71. The van der Waals surface area contributed by atoms with E-state index >= 15 is 0 Å². The molecule has 1 atom stereocenters. The highest BCUT2D eigenvalue weighted by Gasteiger charge is 2.25. The van der Waals surface area contributed by atoms with E-state index in [0.29, 0.717) is 34.1 Å². The standard InChI is InChI=1S/C24H21N7O2/c1-13-4-5-16-17(8-13)14(2)33-20-9-15(11-28-23(20)26)22-18(29-30(3)19(22)10-25)12-31-21(32)6-7-27-24(16)31/h4-9,11,14H,12H2,1-3H3,(H2,26,28)/t14-/m1/s1. The molecule has 0 fully saturated rings. The summed E-state index contributed by atoms with van der Waals surface area (Å²) < 4.78 is 9.34. The van der Waals surface area contributed by atoms with Crippen LogP contribution in [-0.4, -0.2) is 24.3 Å². The van der Waals surface area contributed by atoms with Crippen LogP contribution >= 0.6 is 0 Å². The van der Waals surface area contributed by atoms with Crippen molar-refractivity contribution in [3.63, 3.8) is 0 Å². The van der Waals surface area contributed by atoms with Gasteiger partial charge in [-0.15, -0.1) is 0 Å². The summed E-state index contributed by atoms with van der Waals surface area (Å²) in [5, 5.41) is 14.4. The number of fused-ring (bicyclic) bond motifs is 7. The van der Waals surface area contributed by atoms with Gasteiger partial charge in [0.1, 0.15) is 23.7 Å². The van der Waals surface area contributed by atoms with E-state index in [1.165, 1.54) is 16.9 Å². The van der Waals surface area contributed by atoms with Gasteiger partial charge in [0.05, 0.1) is 12.2 Å². The summed E-state index contributed by atoms with van der Waals surface area (Å²) in [6.45, 7) is 4.04. The Morgan fingerprint density at radius 2 is 2.06 bits per heavy atom. The summed E-state index contributed by atoms with van der Waals surface area (Å²) >= 11 is 0. The molecule has 1 aliphatic rings. The summed E-state index contributed by atoms with van der Waals surface area (Å²) in [7, 11) is 1.69. The van der Waals surface area contributed by atoms with Crippen LogP contribution in [0.25, 0.3) is 22.5 Å². The molecule has 2 bridgehead atoms. The number of pyridine rings is 1. The normalized spacial score (nSPS) is 14.5. The van der Waals surface area contributed by atoms with E-state index in [0.717, 1.165) is 16.7 Å². The first-order valence-electron chi connectivity index (χ1n) is 10.4. The minimum atomic E-state index is -0.409. The van der Waals surface area contributed by atoms with Crippen molar-refractivity contribution in [2.75, 3.05) is 5.73 Å². The Morgan fingerprint density at radius 3 is 2.85 bits per heavy atom. The van der Waals surface area contributed by atoms with Crippen molar-refractivity contribution in [1.82, 2.24) is 24.3 Å². The number of anilines is 1.